The normalized spacial score (nSPS) is 27.2. The fraction of sp³-hybridized carbons (Fsp3) is 0.571. The van der Waals surface area contributed by atoms with Gasteiger partial charge in [-0.15, -0.1) is 0 Å². The van der Waals surface area contributed by atoms with E-state index in [9.17, 15) is 9.59 Å². The molecular weight excluding hydrogens is 228 g/mol. The lowest BCUT2D eigenvalue weighted by atomic mass is 9.82. The molecule has 3 rings (SSSR count). The number of carbonyl (C=O) groups is 2. The van der Waals surface area contributed by atoms with Crippen molar-refractivity contribution in [2.45, 2.75) is 51.5 Å². The first kappa shape index (κ1) is 11.5. The van der Waals surface area contributed by atoms with E-state index in [-0.39, 0.29) is 11.6 Å². The second-order valence-electron chi connectivity index (χ2n) is 5.18. The van der Waals surface area contributed by atoms with Crippen LogP contribution >= 0.6 is 0 Å². The highest BCUT2D eigenvalue weighted by Gasteiger charge is 2.35. The second-order valence-corrected chi connectivity index (χ2v) is 5.18. The van der Waals surface area contributed by atoms with Gasteiger partial charge in [-0.1, -0.05) is 0 Å². The van der Waals surface area contributed by atoms with Crippen LogP contribution in [0.1, 0.15) is 45.4 Å². The first-order valence-corrected chi connectivity index (χ1v) is 6.58. The molecule has 0 bridgehead atoms. The van der Waals surface area contributed by atoms with Crippen molar-refractivity contribution in [1.82, 2.24) is 0 Å². The Labute approximate surface area is 106 Å². The van der Waals surface area contributed by atoms with Gasteiger partial charge in [0.1, 0.15) is 0 Å². The molecule has 4 heteroatoms. The Bertz CT molecular complexity index is 526. The third-order valence-corrected chi connectivity index (χ3v) is 3.98. The van der Waals surface area contributed by atoms with Gasteiger partial charge in [0, 0.05) is 12.0 Å². The van der Waals surface area contributed by atoms with E-state index in [0.717, 1.165) is 54.5 Å². The van der Waals surface area contributed by atoms with Gasteiger partial charge in [0.25, 0.3) is 0 Å². The van der Waals surface area contributed by atoms with Crippen LogP contribution in [0.25, 0.3) is 0 Å². The van der Waals surface area contributed by atoms with Crippen LogP contribution in [0.4, 0.5) is 0 Å². The van der Waals surface area contributed by atoms with Gasteiger partial charge >= 0.3 is 0 Å². The first-order valence-electron chi connectivity index (χ1n) is 6.58. The van der Waals surface area contributed by atoms with Crippen LogP contribution in [-0.2, 0) is 9.59 Å². The number of nitrogens with zero attached hydrogens (tertiary/aromatic N) is 2. The molecule has 0 N–H and O–H groups in total. The Hall–Kier alpha value is -1.58. The highest BCUT2D eigenvalue weighted by molar-refractivity contribution is 5.98. The van der Waals surface area contributed by atoms with E-state index in [1.165, 1.54) is 0 Å². The molecule has 0 aromatic carbocycles. The zero-order valence-electron chi connectivity index (χ0n) is 10.5. The number of carbonyl (C=O) groups excluding carboxylic acids is 2. The smallest absolute Gasteiger partial charge is 0.160 e. The van der Waals surface area contributed by atoms with Gasteiger partial charge < -0.3 is 0 Å². The predicted octanol–water partition coefficient (Wildman–Crippen LogP) is 2.90. The van der Waals surface area contributed by atoms with Gasteiger partial charge in [-0.2, -0.15) is 10.2 Å². The summed E-state index contributed by atoms with van der Waals surface area (Å²) in [6.07, 6.45) is 5.05. The standard InChI is InChI=1S/C14H16N2O2/c1-8(17)14-13-10-4-2-3-5-12(18)9(10)6-7-11(13)15-16-14/h14H,2-7H2,1H3. The summed E-state index contributed by atoms with van der Waals surface area (Å²) in [6.45, 7) is 1.55. The van der Waals surface area contributed by atoms with Gasteiger partial charge in [-0.05, 0) is 50.2 Å². The highest BCUT2D eigenvalue weighted by atomic mass is 16.1. The van der Waals surface area contributed by atoms with E-state index in [0.29, 0.717) is 6.42 Å². The summed E-state index contributed by atoms with van der Waals surface area (Å²) < 4.78 is 0. The molecule has 0 radical (unpaired) electrons. The average molecular weight is 244 g/mol. The molecule has 0 saturated heterocycles. The van der Waals surface area contributed by atoms with Crippen molar-refractivity contribution in [1.29, 1.82) is 0 Å². The molecular formula is C14H16N2O2. The topological polar surface area (TPSA) is 58.9 Å². The molecule has 1 unspecified atom stereocenters. The first-order chi connectivity index (χ1) is 8.68. The Kier molecular flexibility index (Phi) is 2.73. The lowest BCUT2D eigenvalue weighted by Crippen LogP contribution is -2.21. The van der Waals surface area contributed by atoms with Crippen LogP contribution in [0.3, 0.4) is 0 Å². The SMILES string of the molecule is CC(=O)C1N=NC2=C1C1=C(CC2)C(=O)CCCC1. The molecule has 0 aromatic rings. The van der Waals surface area contributed by atoms with Crippen molar-refractivity contribution in [3.63, 3.8) is 0 Å². The summed E-state index contributed by atoms with van der Waals surface area (Å²) in [5.41, 5.74) is 3.93. The average Bonchev–Trinajstić information content (AvgIpc) is 2.69. The molecule has 0 spiro atoms. The lowest BCUT2D eigenvalue weighted by Gasteiger charge is -2.21. The van der Waals surface area contributed by atoms with Crippen LogP contribution in [-0.4, -0.2) is 17.6 Å². The van der Waals surface area contributed by atoms with Crippen LogP contribution in [0.5, 0.6) is 0 Å². The largest absolute Gasteiger partial charge is 0.297 e. The number of fused-ring (bicyclic) bond motifs is 1. The van der Waals surface area contributed by atoms with Crippen molar-refractivity contribution in [2.75, 3.05) is 0 Å². The third kappa shape index (κ3) is 1.67. The fourth-order valence-electron chi connectivity index (χ4n) is 3.09. The molecule has 18 heavy (non-hydrogen) atoms. The summed E-state index contributed by atoms with van der Waals surface area (Å²) in [7, 11) is 0. The lowest BCUT2D eigenvalue weighted by molar-refractivity contribution is -0.117. The van der Waals surface area contributed by atoms with Crippen molar-refractivity contribution >= 4 is 11.6 Å². The number of Topliss-reactive ketones (excluding diaryl/α,β-unsaturated/α-hetero) is 2. The monoisotopic (exact) mass is 244 g/mol. The van der Waals surface area contributed by atoms with Crippen LogP contribution in [0, 0.1) is 0 Å². The molecule has 1 atom stereocenters. The minimum absolute atomic E-state index is 0.0224. The summed E-state index contributed by atoms with van der Waals surface area (Å²) in [5.74, 6) is 0.289. The van der Waals surface area contributed by atoms with Crippen molar-refractivity contribution in [3.8, 4) is 0 Å². The van der Waals surface area contributed by atoms with E-state index < -0.39 is 6.04 Å². The Morgan fingerprint density at radius 2 is 1.89 bits per heavy atom. The number of allylic oxidation sites excluding steroid dienone is 2. The number of azo groups is 1. The van der Waals surface area contributed by atoms with Crippen molar-refractivity contribution < 1.29 is 9.59 Å². The molecule has 0 saturated carbocycles. The maximum Gasteiger partial charge on any atom is 0.160 e. The van der Waals surface area contributed by atoms with E-state index in [1.807, 2.05) is 0 Å². The Morgan fingerprint density at radius 3 is 2.67 bits per heavy atom. The van der Waals surface area contributed by atoms with E-state index in [4.69, 9.17) is 0 Å². The predicted molar refractivity (Wildman–Crippen MR) is 66.1 cm³/mol. The maximum absolute atomic E-state index is 12.1. The van der Waals surface area contributed by atoms with Gasteiger partial charge in [-0.3, -0.25) is 9.59 Å². The number of ketones is 2. The Morgan fingerprint density at radius 1 is 1.11 bits per heavy atom. The van der Waals surface area contributed by atoms with Crippen LogP contribution in [0.15, 0.2) is 32.6 Å². The van der Waals surface area contributed by atoms with Crippen molar-refractivity contribution in [2.24, 2.45) is 10.2 Å². The summed E-state index contributed by atoms with van der Waals surface area (Å²) in [5, 5.41) is 8.23. The zero-order chi connectivity index (χ0) is 12.7. The molecule has 2 aliphatic carbocycles. The molecule has 1 heterocycles. The van der Waals surface area contributed by atoms with E-state index >= 15 is 0 Å². The van der Waals surface area contributed by atoms with E-state index in [2.05, 4.69) is 10.2 Å². The minimum Gasteiger partial charge on any atom is -0.297 e. The fourth-order valence-corrected chi connectivity index (χ4v) is 3.09. The molecule has 3 aliphatic rings. The number of rotatable bonds is 1. The van der Waals surface area contributed by atoms with Crippen LogP contribution in [0.2, 0.25) is 0 Å². The molecule has 94 valence electrons. The van der Waals surface area contributed by atoms with Gasteiger partial charge in [-0.25, -0.2) is 0 Å². The summed E-state index contributed by atoms with van der Waals surface area (Å²) in [4.78, 5) is 23.7. The number of hydrogen-bond acceptors (Lipinski definition) is 4. The summed E-state index contributed by atoms with van der Waals surface area (Å²) in [6, 6.07) is -0.448. The van der Waals surface area contributed by atoms with Gasteiger partial charge in [0.2, 0.25) is 0 Å². The molecule has 4 nitrogen and oxygen atoms in total. The molecule has 1 aliphatic heterocycles. The molecule has 0 aromatic heterocycles. The molecule has 0 amide bonds. The quantitative estimate of drug-likeness (QED) is 0.712. The summed E-state index contributed by atoms with van der Waals surface area (Å²) >= 11 is 0. The van der Waals surface area contributed by atoms with Gasteiger partial charge in [0.15, 0.2) is 17.6 Å². The minimum atomic E-state index is -0.448. The second kappa shape index (κ2) is 4.26. The Balaban J connectivity index is 2.08. The van der Waals surface area contributed by atoms with Crippen LogP contribution < -0.4 is 0 Å². The van der Waals surface area contributed by atoms with Gasteiger partial charge in [0.05, 0.1) is 5.70 Å². The maximum atomic E-state index is 12.1. The highest BCUT2D eigenvalue weighted by Crippen LogP contribution is 2.42. The zero-order valence-corrected chi connectivity index (χ0v) is 10.5. The van der Waals surface area contributed by atoms with Crippen molar-refractivity contribution in [3.05, 3.63) is 22.4 Å². The van der Waals surface area contributed by atoms with E-state index in [1.54, 1.807) is 6.92 Å². The molecule has 0 fully saturated rings. The third-order valence-electron chi connectivity index (χ3n) is 3.98. The number of hydrogen-bond donors (Lipinski definition) is 0.